The molecule has 0 aliphatic heterocycles. The van der Waals surface area contributed by atoms with Gasteiger partial charge in [0.2, 0.25) is 0 Å². The fraction of sp³-hybridized carbons (Fsp3) is 0.0909. The second kappa shape index (κ2) is 8.60. The number of nitrogens with one attached hydrogen (secondary N) is 1. The number of carbonyl (C=O) groups excluding carboxylic acids is 1. The summed E-state index contributed by atoms with van der Waals surface area (Å²) in [4.78, 5) is 12.1. The fourth-order valence-corrected chi connectivity index (χ4v) is 2.45. The number of rotatable bonds is 5. The molecule has 0 saturated heterocycles. The van der Waals surface area contributed by atoms with E-state index in [0.29, 0.717) is 17.1 Å². The number of para-hydroxylation sites is 1. The van der Waals surface area contributed by atoms with Crippen LogP contribution < -0.4 is 10.2 Å². The molecule has 0 saturated carbocycles. The van der Waals surface area contributed by atoms with Crippen molar-refractivity contribution in [3.63, 3.8) is 0 Å². The second-order valence-electron chi connectivity index (χ2n) is 6.23. The highest BCUT2D eigenvalue weighted by atomic mass is 19.4. The molecule has 3 aromatic rings. The van der Waals surface area contributed by atoms with E-state index in [0.717, 1.165) is 29.8 Å². The molecule has 3 aromatic carbocycles. The molecule has 0 aromatic heterocycles. The van der Waals surface area contributed by atoms with Crippen LogP contribution in [-0.2, 0) is 6.18 Å². The van der Waals surface area contributed by atoms with Gasteiger partial charge in [-0.15, -0.1) is 0 Å². The standard InChI is InChI=1S/C22H17F3N2O2/c1-15-6-12-19(13-7-15)29-20-5-3-2-4-17(20)14-26-27-21(28)16-8-10-18(11-9-16)22(23,24)25/h2-14H,1H3,(H,27,28). The first-order chi connectivity index (χ1) is 13.8. The SMILES string of the molecule is Cc1ccc(Oc2ccccc2C=NNC(=O)c2ccc(C(F)(F)F)cc2)cc1. The molecule has 29 heavy (non-hydrogen) atoms. The maximum atomic E-state index is 12.6. The molecule has 148 valence electrons. The van der Waals surface area contributed by atoms with Crippen molar-refractivity contribution in [1.82, 2.24) is 5.43 Å². The first-order valence-corrected chi connectivity index (χ1v) is 8.67. The number of amides is 1. The Morgan fingerprint density at radius 3 is 2.28 bits per heavy atom. The highest BCUT2D eigenvalue weighted by Crippen LogP contribution is 2.29. The summed E-state index contributed by atoms with van der Waals surface area (Å²) in [5, 5.41) is 3.88. The van der Waals surface area contributed by atoms with E-state index in [1.165, 1.54) is 6.21 Å². The fourth-order valence-electron chi connectivity index (χ4n) is 2.45. The number of hydrogen-bond acceptors (Lipinski definition) is 3. The molecule has 3 rings (SSSR count). The Kier molecular flexibility index (Phi) is 5.97. The van der Waals surface area contributed by atoms with Crippen LogP contribution in [0, 0.1) is 6.92 Å². The van der Waals surface area contributed by atoms with Crippen molar-refractivity contribution in [3.05, 3.63) is 95.1 Å². The lowest BCUT2D eigenvalue weighted by Crippen LogP contribution is -2.18. The molecule has 0 aliphatic rings. The molecule has 0 fully saturated rings. The molecular formula is C22H17F3N2O2. The van der Waals surface area contributed by atoms with Gasteiger partial charge in [0.15, 0.2) is 0 Å². The Balaban J connectivity index is 1.67. The van der Waals surface area contributed by atoms with Crippen molar-refractivity contribution < 1.29 is 22.7 Å². The molecule has 0 atom stereocenters. The number of alkyl halides is 3. The van der Waals surface area contributed by atoms with Crippen molar-refractivity contribution in [2.45, 2.75) is 13.1 Å². The Labute approximate surface area is 165 Å². The minimum Gasteiger partial charge on any atom is -0.457 e. The minimum absolute atomic E-state index is 0.0688. The average Bonchev–Trinajstić information content (AvgIpc) is 2.70. The van der Waals surface area contributed by atoms with E-state index in [1.54, 1.807) is 18.2 Å². The summed E-state index contributed by atoms with van der Waals surface area (Å²) in [6, 6.07) is 18.6. The van der Waals surface area contributed by atoms with Crippen molar-refractivity contribution in [2.24, 2.45) is 5.10 Å². The van der Waals surface area contributed by atoms with Gasteiger partial charge in [-0.25, -0.2) is 5.43 Å². The Hall–Kier alpha value is -3.61. The van der Waals surface area contributed by atoms with Crippen LogP contribution in [0.15, 0.2) is 77.9 Å². The molecule has 7 heteroatoms. The molecule has 0 bridgehead atoms. The Morgan fingerprint density at radius 2 is 1.62 bits per heavy atom. The van der Waals surface area contributed by atoms with E-state index in [9.17, 15) is 18.0 Å². The molecule has 1 N–H and O–H groups in total. The van der Waals surface area contributed by atoms with E-state index >= 15 is 0 Å². The minimum atomic E-state index is -4.45. The van der Waals surface area contributed by atoms with Crippen molar-refractivity contribution in [2.75, 3.05) is 0 Å². The van der Waals surface area contributed by atoms with Gasteiger partial charge in [-0.05, 0) is 55.5 Å². The lowest BCUT2D eigenvalue weighted by Gasteiger charge is -2.09. The lowest BCUT2D eigenvalue weighted by atomic mass is 10.1. The third kappa shape index (κ3) is 5.44. The van der Waals surface area contributed by atoms with Gasteiger partial charge in [0.05, 0.1) is 11.8 Å². The zero-order valence-corrected chi connectivity index (χ0v) is 15.4. The number of halogens is 3. The average molecular weight is 398 g/mol. The van der Waals surface area contributed by atoms with Crippen LogP contribution >= 0.6 is 0 Å². The lowest BCUT2D eigenvalue weighted by molar-refractivity contribution is -0.137. The normalized spacial score (nSPS) is 11.4. The van der Waals surface area contributed by atoms with Crippen molar-refractivity contribution in [1.29, 1.82) is 0 Å². The topological polar surface area (TPSA) is 50.7 Å². The number of hydrazone groups is 1. The number of ether oxygens (including phenoxy) is 1. The third-order valence-corrected chi connectivity index (χ3v) is 4.01. The molecule has 0 unspecified atom stereocenters. The Morgan fingerprint density at radius 1 is 0.966 bits per heavy atom. The van der Waals surface area contributed by atoms with E-state index in [4.69, 9.17) is 4.74 Å². The predicted octanol–water partition coefficient (Wildman–Crippen LogP) is 5.57. The number of aryl methyl sites for hydroxylation is 1. The van der Waals surface area contributed by atoms with Crippen LogP contribution in [0.1, 0.15) is 27.0 Å². The van der Waals surface area contributed by atoms with E-state index in [2.05, 4.69) is 10.5 Å². The highest BCUT2D eigenvalue weighted by molar-refractivity contribution is 5.95. The van der Waals surface area contributed by atoms with Crippen molar-refractivity contribution >= 4 is 12.1 Å². The number of hydrogen-bond donors (Lipinski definition) is 1. The smallest absolute Gasteiger partial charge is 0.416 e. The van der Waals surface area contributed by atoms with Gasteiger partial charge in [0.1, 0.15) is 11.5 Å². The van der Waals surface area contributed by atoms with Gasteiger partial charge in [0.25, 0.3) is 5.91 Å². The van der Waals surface area contributed by atoms with Gasteiger partial charge >= 0.3 is 6.18 Å². The zero-order valence-electron chi connectivity index (χ0n) is 15.4. The van der Waals surface area contributed by atoms with Gasteiger partial charge in [-0.3, -0.25) is 4.79 Å². The van der Waals surface area contributed by atoms with Gasteiger partial charge in [-0.1, -0.05) is 29.8 Å². The number of nitrogens with zero attached hydrogens (tertiary/aromatic N) is 1. The molecule has 0 spiro atoms. The largest absolute Gasteiger partial charge is 0.457 e. The summed E-state index contributed by atoms with van der Waals surface area (Å²) in [5.74, 6) is 0.584. The van der Waals surface area contributed by atoms with Crippen LogP contribution in [0.2, 0.25) is 0 Å². The maximum Gasteiger partial charge on any atom is 0.416 e. The summed E-state index contributed by atoms with van der Waals surface area (Å²) in [6.07, 6.45) is -3.04. The molecule has 4 nitrogen and oxygen atoms in total. The number of benzene rings is 3. The van der Waals surface area contributed by atoms with Crippen LogP contribution in [0.4, 0.5) is 13.2 Å². The molecule has 0 heterocycles. The van der Waals surface area contributed by atoms with E-state index < -0.39 is 17.6 Å². The van der Waals surface area contributed by atoms with Gasteiger partial charge in [-0.2, -0.15) is 18.3 Å². The van der Waals surface area contributed by atoms with Gasteiger partial charge in [0, 0.05) is 11.1 Å². The summed E-state index contributed by atoms with van der Waals surface area (Å²) in [7, 11) is 0. The third-order valence-electron chi connectivity index (χ3n) is 4.01. The predicted molar refractivity (Wildman–Crippen MR) is 104 cm³/mol. The monoisotopic (exact) mass is 398 g/mol. The first kappa shape index (κ1) is 20.1. The maximum absolute atomic E-state index is 12.6. The van der Waals surface area contributed by atoms with Crippen LogP contribution in [0.3, 0.4) is 0 Å². The quantitative estimate of drug-likeness (QED) is 0.451. The molecule has 0 aliphatic carbocycles. The van der Waals surface area contributed by atoms with Crippen LogP contribution in [-0.4, -0.2) is 12.1 Å². The zero-order chi connectivity index (χ0) is 20.9. The number of carbonyl (C=O) groups is 1. The Bertz CT molecular complexity index is 1010. The summed E-state index contributed by atoms with van der Waals surface area (Å²) < 4.78 is 43.6. The van der Waals surface area contributed by atoms with E-state index in [1.807, 2.05) is 37.3 Å². The van der Waals surface area contributed by atoms with Crippen LogP contribution in [0.5, 0.6) is 11.5 Å². The van der Waals surface area contributed by atoms with Crippen LogP contribution in [0.25, 0.3) is 0 Å². The summed E-state index contributed by atoms with van der Waals surface area (Å²) in [5.41, 5.74) is 3.28. The molecule has 0 radical (unpaired) electrons. The second-order valence-corrected chi connectivity index (χ2v) is 6.23. The summed E-state index contributed by atoms with van der Waals surface area (Å²) >= 11 is 0. The first-order valence-electron chi connectivity index (χ1n) is 8.67. The molecule has 1 amide bonds. The van der Waals surface area contributed by atoms with E-state index in [-0.39, 0.29) is 5.56 Å². The highest BCUT2D eigenvalue weighted by Gasteiger charge is 2.30. The molecular weight excluding hydrogens is 381 g/mol. The van der Waals surface area contributed by atoms with Crippen molar-refractivity contribution in [3.8, 4) is 11.5 Å². The van der Waals surface area contributed by atoms with Gasteiger partial charge < -0.3 is 4.74 Å². The summed E-state index contributed by atoms with van der Waals surface area (Å²) in [6.45, 7) is 1.98.